The van der Waals surface area contributed by atoms with E-state index < -0.39 is 12.1 Å². The summed E-state index contributed by atoms with van der Waals surface area (Å²) in [6, 6.07) is 17.4. The van der Waals surface area contributed by atoms with Crippen molar-refractivity contribution in [2.45, 2.75) is 26.5 Å². The Labute approximate surface area is 208 Å². The first-order chi connectivity index (χ1) is 15.7. The monoisotopic (exact) mass is 506 g/mol. The smallest absolute Gasteiger partial charge is 0.322 e. The van der Waals surface area contributed by atoms with E-state index in [1.165, 1.54) is 4.90 Å². The predicted molar refractivity (Wildman–Crippen MR) is 135 cm³/mol. The van der Waals surface area contributed by atoms with Crippen molar-refractivity contribution in [3.05, 3.63) is 92.4 Å². The third-order valence-corrected chi connectivity index (χ3v) is 5.53. The molecule has 1 atom stereocenters. The van der Waals surface area contributed by atoms with E-state index in [-0.39, 0.29) is 19.7 Å². The quantitative estimate of drug-likeness (QED) is 0.355. The van der Waals surface area contributed by atoms with E-state index in [1.54, 1.807) is 42.5 Å². The lowest BCUT2D eigenvalue weighted by Gasteiger charge is -2.26. The van der Waals surface area contributed by atoms with Crippen LogP contribution in [0.1, 0.15) is 16.7 Å². The van der Waals surface area contributed by atoms with Crippen LogP contribution in [0.2, 0.25) is 15.1 Å². The van der Waals surface area contributed by atoms with Crippen molar-refractivity contribution in [2.75, 3.05) is 18.5 Å². The summed E-state index contributed by atoms with van der Waals surface area (Å²) < 4.78 is 5.76. The lowest BCUT2D eigenvalue weighted by molar-refractivity contribution is 0.0773. The summed E-state index contributed by atoms with van der Waals surface area (Å²) in [7, 11) is 0. The molecule has 0 bridgehead atoms. The molecule has 2 amide bonds. The number of halogens is 3. The lowest BCUT2D eigenvalue weighted by Crippen LogP contribution is -2.41. The second-order valence-corrected chi connectivity index (χ2v) is 9.14. The van der Waals surface area contributed by atoms with Crippen LogP contribution in [0, 0.1) is 13.8 Å². The Morgan fingerprint density at radius 1 is 1.00 bits per heavy atom. The summed E-state index contributed by atoms with van der Waals surface area (Å²) in [5.41, 5.74) is 3.33. The van der Waals surface area contributed by atoms with Gasteiger partial charge in [0.15, 0.2) is 0 Å². The van der Waals surface area contributed by atoms with E-state index in [9.17, 15) is 9.90 Å². The third-order valence-electron chi connectivity index (χ3n) is 4.77. The molecule has 0 saturated carbocycles. The third kappa shape index (κ3) is 7.83. The average molecular weight is 508 g/mol. The molecule has 1 unspecified atom stereocenters. The van der Waals surface area contributed by atoms with Crippen LogP contribution < -0.4 is 10.1 Å². The van der Waals surface area contributed by atoms with Crippen LogP contribution in [0.4, 0.5) is 10.5 Å². The van der Waals surface area contributed by atoms with Gasteiger partial charge in [-0.15, -0.1) is 0 Å². The van der Waals surface area contributed by atoms with Gasteiger partial charge >= 0.3 is 6.03 Å². The second kappa shape index (κ2) is 11.6. The van der Waals surface area contributed by atoms with E-state index >= 15 is 0 Å². The zero-order valence-electron chi connectivity index (χ0n) is 18.3. The highest BCUT2D eigenvalue weighted by atomic mass is 35.5. The Balaban J connectivity index is 1.73. The summed E-state index contributed by atoms with van der Waals surface area (Å²) in [6.07, 6.45) is -0.933. The molecule has 3 rings (SSSR count). The van der Waals surface area contributed by atoms with Gasteiger partial charge in [-0.25, -0.2) is 4.79 Å². The van der Waals surface area contributed by atoms with E-state index in [0.717, 1.165) is 16.7 Å². The van der Waals surface area contributed by atoms with Gasteiger partial charge in [0.2, 0.25) is 0 Å². The SMILES string of the molecule is Cc1cc(C)cc(OCC(O)CN(Cc2cc(Cl)cc(Cl)c2)C(=O)Nc2ccccc2Cl)c1. The van der Waals surface area contributed by atoms with Gasteiger partial charge in [0.1, 0.15) is 18.5 Å². The molecule has 5 nitrogen and oxygen atoms in total. The minimum absolute atomic E-state index is 0.0191. The molecule has 0 spiro atoms. The average Bonchev–Trinajstić information content (AvgIpc) is 2.72. The summed E-state index contributed by atoms with van der Waals surface area (Å²) in [4.78, 5) is 14.5. The Morgan fingerprint density at radius 2 is 1.64 bits per heavy atom. The maximum atomic E-state index is 13.1. The molecule has 3 aromatic rings. The molecule has 0 aliphatic heterocycles. The first-order valence-corrected chi connectivity index (χ1v) is 11.5. The number of rotatable bonds is 8. The fourth-order valence-corrected chi connectivity index (χ4v) is 4.17. The van der Waals surface area contributed by atoms with Crippen molar-refractivity contribution >= 4 is 46.5 Å². The number of aliphatic hydroxyl groups is 1. The number of nitrogens with one attached hydrogen (secondary N) is 1. The maximum Gasteiger partial charge on any atom is 0.322 e. The Kier molecular flexibility index (Phi) is 8.87. The zero-order valence-corrected chi connectivity index (χ0v) is 20.6. The molecular formula is C25H25Cl3N2O3. The van der Waals surface area contributed by atoms with Gasteiger partial charge in [0.05, 0.1) is 17.3 Å². The summed E-state index contributed by atoms with van der Waals surface area (Å²) in [5, 5.41) is 14.8. The van der Waals surface area contributed by atoms with Crippen molar-refractivity contribution in [2.24, 2.45) is 0 Å². The van der Waals surface area contributed by atoms with Gasteiger partial charge in [-0.05, 0) is 73.0 Å². The van der Waals surface area contributed by atoms with Gasteiger partial charge in [0.25, 0.3) is 0 Å². The molecule has 0 heterocycles. The predicted octanol–water partition coefficient (Wildman–Crippen LogP) is 6.74. The molecule has 174 valence electrons. The summed E-state index contributed by atoms with van der Waals surface area (Å²) >= 11 is 18.4. The number of urea groups is 1. The molecule has 0 aliphatic carbocycles. The standard InChI is InChI=1S/C25H25Cl3N2O3/c1-16-7-17(2)9-22(8-16)33-15-21(31)14-30(13-18-10-19(26)12-20(27)11-18)25(32)29-24-6-4-3-5-23(24)28/h3-12,21,31H,13-15H2,1-2H3,(H,29,32). The number of benzene rings is 3. The molecule has 0 fully saturated rings. The van der Waals surface area contributed by atoms with E-state index in [0.29, 0.717) is 26.5 Å². The van der Waals surface area contributed by atoms with Crippen LogP contribution in [-0.2, 0) is 6.54 Å². The number of aliphatic hydroxyl groups excluding tert-OH is 1. The molecule has 33 heavy (non-hydrogen) atoms. The van der Waals surface area contributed by atoms with Crippen LogP contribution in [0.5, 0.6) is 5.75 Å². The van der Waals surface area contributed by atoms with E-state index in [2.05, 4.69) is 5.32 Å². The van der Waals surface area contributed by atoms with Crippen molar-refractivity contribution < 1.29 is 14.6 Å². The van der Waals surface area contributed by atoms with Crippen LogP contribution in [0.3, 0.4) is 0 Å². The summed E-state index contributed by atoms with van der Waals surface area (Å²) in [6.45, 7) is 4.18. The van der Waals surface area contributed by atoms with Crippen LogP contribution in [-0.4, -0.2) is 35.3 Å². The topological polar surface area (TPSA) is 61.8 Å². The van der Waals surface area contributed by atoms with Crippen LogP contribution >= 0.6 is 34.8 Å². The van der Waals surface area contributed by atoms with Crippen molar-refractivity contribution in [1.29, 1.82) is 0 Å². The number of para-hydroxylation sites is 1. The molecule has 0 aliphatic rings. The number of amides is 2. The largest absolute Gasteiger partial charge is 0.491 e. The zero-order chi connectivity index (χ0) is 24.0. The molecule has 0 radical (unpaired) electrons. The van der Waals surface area contributed by atoms with E-state index in [1.807, 2.05) is 32.0 Å². The second-order valence-electron chi connectivity index (χ2n) is 7.86. The maximum absolute atomic E-state index is 13.1. The van der Waals surface area contributed by atoms with Crippen LogP contribution in [0.25, 0.3) is 0 Å². The number of aryl methyl sites for hydroxylation is 2. The van der Waals surface area contributed by atoms with Gasteiger partial charge < -0.3 is 20.1 Å². The molecule has 3 aromatic carbocycles. The first kappa shape index (κ1) is 25.2. The van der Waals surface area contributed by atoms with Crippen LogP contribution in [0.15, 0.2) is 60.7 Å². The number of ether oxygens (including phenoxy) is 1. The molecular weight excluding hydrogens is 483 g/mol. The van der Waals surface area contributed by atoms with E-state index in [4.69, 9.17) is 39.5 Å². The fourth-order valence-electron chi connectivity index (χ4n) is 3.41. The highest BCUT2D eigenvalue weighted by Gasteiger charge is 2.20. The number of hydrogen-bond acceptors (Lipinski definition) is 3. The highest BCUT2D eigenvalue weighted by molar-refractivity contribution is 6.34. The minimum atomic E-state index is -0.933. The molecule has 2 N–H and O–H groups in total. The normalized spacial score (nSPS) is 11.7. The number of carbonyl (C=O) groups excluding carboxylic acids is 1. The van der Waals surface area contributed by atoms with Gasteiger partial charge in [-0.3, -0.25) is 0 Å². The number of nitrogens with zero attached hydrogens (tertiary/aromatic N) is 1. The van der Waals surface area contributed by atoms with Gasteiger partial charge in [-0.1, -0.05) is 53.0 Å². The lowest BCUT2D eigenvalue weighted by atomic mass is 10.1. The fraction of sp³-hybridized carbons (Fsp3) is 0.240. The summed E-state index contributed by atoms with van der Waals surface area (Å²) in [5.74, 6) is 0.667. The van der Waals surface area contributed by atoms with Gasteiger partial charge in [-0.2, -0.15) is 0 Å². The molecule has 0 aromatic heterocycles. The highest BCUT2D eigenvalue weighted by Crippen LogP contribution is 2.23. The minimum Gasteiger partial charge on any atom is -0.491 e. The molecule has 0 saturated heterocycles. The Bertz CT molecular complexity index is 1080. The number of hydrogen-bond donors (Lipinski definition) is 2. The Hall–Kier alpha value is -2.44. The number of carbonyl (C=O) groups is 1. The number of anilines is 1. The Morgan fingerprint density at radius 3 is 2.27 bits per heavy atom. The molecule has 8 heteroatoms. The first-order valence-electron chi connectivity index (χ1n) is 10.3. The van der Waals surface area contributed by atoms with Crippen molar-refractivity contribution in [3.8, 4) is 5.75 Å². The van der Waals surface area contributed by atoms with Crippen molar-refractivity contribution in [1.82, 2.24) is 4.90 Å². The van der Waals surface area contributed by atoms with Crippen molar-refractivity contribution in [3.63, 3.8) is 0 Å². The van der Waals surface area contributed by atoms with Gasteiger partial charge in [0, 0.05) is 16.6 Å².